The van der Waals surface area contributed by atoms with Crippen LogP contribution < -0.4 is 21.3 Å². The van der Waals surface area contributed by atoms with E-state index >= 15 is 0 Å². The monoisotopic (exact) mass is 695 g/mol. The molecule has 0 unspecified atom stereocenters. The summed E-state index contributed by atoms with van der Waals surface area (Å²) < 4.78 is 0. The Morgan fingerprint density at radius 2 is 1.54 bits per heavy atom. The highest BCUT2D eigenvalue weighted by molar-refractivity contribution is 7.10. The Kier molecular flexibility index (Phi) is 13.6. The van der Waals surface area contributed by atoms with Crippen LogP contribution in [0.15, 0.2) is 41.1 Å². The molecule has 14 heteroatoms. The summed E-state index contributed by atoms with van der Waals surface area (Å²) in [5.74, 6) is -1.37. The zero-order valence-electron chi connectivity index (χ0n) is 27.9. The molecule has 1 aliphatic heterocycles. The van der Waals surface area contributed by atoms with Crippen molar-refractivity contribution in [3.8, 4) is 0 Å². The summed E-state index contributed by atoms with van der Waals surface area (Å²) in [6, 6.07) is 8.84. The lowest BCUT2D eigenvalue weighted by Gasteiger charge is -2.24. The molecule has 2 atom stereocenters. The van der Waals surface area contributed by atoms with Gasteiger partial charge in [-0.25, -0.2) is 9.97 Å². The minimum absolute atomic E-state index is 0.142. The summed E-state index contributed by atoms with van der Waals surface area (Å²) in [6.07, 6.45) is 2.16. The molecular formula is C34H45N7O5S2. The largest absolute Gasteiger partial charge is 0.351 e. The molecule has 1 aliphatic rings. The third-order valence-corrected chi connectivity index (χ3v) is 9.67. The molecule has 0 fully saturated rings. The molecule has 1 aromatic carbocycles. The molecule has 5 amide bonds. The van der Waals surface area contributed by atoms with Gasteiger partial charge in [-0.1, -0.05) is 58.0 Å². The number of nitrogens with one attached hydrogen (secondary N) is 4. The lowest BCUT2D eigenvalue weighted by atomic mass is 10.0. The van der Waals surface area contributed by atoms with Crippen LogP contribution in [0.4, 0.5) is 0 Å². The van der Waals surface area contributed by atoms with Gasteiger partial charge in [-0.15, -0.1) is 22.7 Å². The molecule has 3 aromatic rings. The topological polar surface area (TPSA) is 162 Å². The lowest BCUT2D eigenvalue weighted by Crippen LogP contribution is -2.43. The summed E-state index contributed by atoms with van der Waals surface area (Å²) in [4.78, 5) is 75.7. The van der Waals surface area contributed by atoms with Gasteiger partial charge in [0.1, 0.15) is 21.4 Å². The van der Waals surface area contributed by atoms with Crippen molar-refractivity contribution in [3.05, 3.63) is 68.1 Å². The van der Waals surface area contributed by atoms with Crippen LogP contribution in [-0.2, 0) is 20.8 Å². The Labute approximate surface area is 289 Å². The predicted octanol–water partition coefficient (Wildman–Crippen LogP) is 4.03. The quantitative estimate of drug-likeness (QED) is 0.290. The number of carbonyl (C=O) groups excluding carboxylic acids is 5. The molecule has 0 saturated heterocycles. The number of hydrogen-bond acceptors (Lipinski definition) is 9. The van der Waals surface area contributed by atoms with Gasteiger partial charge in [0.25, 0.3) is 11.8 Å². The van der Waals surface area contributed by atoms with E-state index in [-0.39, 0.29) is 71.8 Å². The van der Waals surface area contributed by atoms with E-state index in [1.807, 2.05) is 30.3 Å². The van der Waals surface area contributed by atoms with Crippen molar-refractivity contribution in [2.24, 2.45) is 11.8 Å². The van der Waals surface area contributed by atoms with Gasteiger partial charge in [0, 0.05) is 42.7 Å². The van der Waals surface area contributed by atoms with Gasteiger partial charge in [0.05, 0.1) is 18.6 Å². The van der Waals surface area contributed by atoms with Gasteiger partial charge in [0.15, 0.2) is 0 Å². The first-order valence-electron chi connectivity index (χ1n) is 16.4. The molecule has 3 heterocycles. The molecule has 0 saturated carbocycles. The van der Waals surface area contributed by atoms with Gasteiger partial charge in [-0.05, 0) is 37.2 Å². The summed E-state index contributed by atoms with van der Waals surface area (Å²) >= 11 is 2.62. The second-order valence-electron chi connectivity index (χ2n) is 12.6. The third-order valence-electron chi connectivity index (χ3n) is 7.75. The highest BCUT2D eigenvalue weighted by atomic mass is 32.1. The molecule has 12 nitrogen and oxygen atoms in total. The molecule has 0 aliphatic carbocycles. The number of hydrogen-bond donors (Lipinski definition) is 4. The lowest BCUT2D eigenvalue weighted by molar-refractivity contribution is -0.134. The average molecular weight is 696 g/mol. The normalized spacial score (nSPS) is 18.5. The highest BCUT2D eigenvalue weighted by Gasteiger charge is 2.26. The molecule has 4 N–H and O–H groups in total. The number of amides is 5. The fourth-order valence-corrected chi connectivity index (χ4v) is 6.89. The van der Waals surface area contributed by atoms with Crippen molar-refractivity contribution in [3.63, 3.8) is 0 Å². The van der Waals surface area contributed by atoms with Crippen LogP contribution in [-0.4, -0.2) is 70.6 Å². The maximum absolute atomic E-state index is 13.5. The van der Waals surface area contributed by atoms with Crippen LogP contribution in [0.5, 0.6) is 0 Å². The van der Waals surface area contributed by atoms with Crippen molar-refractivity contribution in [1.82, 2.24) is 36.1 Å². The van der Waals surface area contributed by atoms with Crippen LogP contribution in [0.1, 0.15) is 102 Å². The van der Waals surface area contributed by atoms with Crippen molar-refractivity contribution in [1.29, 1.82) is 0 Å². The second kappa shape index (κ2) is 17.8. The van der Waals surface area contributed by atoms with Gasteiger partial charge >= 0.3 is 0 Å². The number of fused-ring (bicyclic) bond motifs is 4. The first-order chi connectivity index (χ1) is 23.0. The maximum Gasteiger partial charge on any atom is 0.271 e. The highest BCUT2D eigenvalue weighted by Crippen LogP contribution is 2.27. The second-order valence-corrected chi connectivity index (χ2v) is 14.4. The molecule has 258 valence electrons. The summed E-state index contributed by atoms with van der Waals surface area (Å²) in [5.41, 5.74) is 1.49. The van der Waals surface area contributed by atoms with Crippen LogP contribution in [0.2, 0.25) is 0 Å². The fourth-order valence-electron chi connectivity index (χ4n) is 5.18. The first-order valence-corrected chi connectivity index (χ1v) is 18.1. The van der Waals surface area contributed by atoms with E-state index in [9.17, 15) is 24.0 Å². The maximum atomic E-state index is 13.5. The Balaban J connectivity index is 1.58. The molecule has 4 bridgehead atoms. The van der Waals surface area contributed by atoms with Crippen LogP contribution in [0, 0.1) is 11.8 Å². The van der Waals surface area contributed by atoms with E-state index in [1.54, 1.807) is 29.5 Å². The van der Waals surface area contributed by atoms with E-state index in [0.29, 0.717) is 55.3 Å². The van der Waals surface area contributed by atoms with E-state index < -0.39 is 6.04 Å². The standard InChI is InChI=1S/C34H45N7O5S2/c1-21(2)16-24-33-40-27(20-48-33)32(46)38-25(17-23-10-6-5-7-11-23)34-39-26(19-47-34)31(45)35-13-9-15-41(14-8-12-28(42)37-24)29(43)18-36-30(44)22(3)4/h5-7,10-11,19-22,24-25H,8-9,12-18H2,1-4H3,(H,35,45)(H,36,44)(H,37,42)(H,38,46)/t24-,25-/m0/s1. The number of rotatable bonds is 7. The minimum atomic E-state index is -0.507. The first kappa shape index (κ1) is 36.7. The fraction of sp³-hybridized carbons (Fsp3) is 0.500. The number of carbonyl (C=O) groups is 5. The van der Waals surface area contributed by atoms with E-state index in [1.165, 1.54) is 22.7 Å². The summed E-state index contributed by atoms with van der Waals surface area (Å²) in [7, 11) is 0. The van der Waals surface area contributed by atoms with Crippen molar-refractivity contribution < 1.29 is 24.0 Å². The van der Waals surface area contributed by atoms with Crippen LogP contribution in [0.3, 0.4) is 0 Å². The molecule has 4 rings (SSSR count). The van der Waals surface area contributed by atoms with Gasteiger partial charge < -0.3 is 26.2 Å². The number of thiazole rings is 2. The zero-order chi connectivity index (χ0) is 34.6. The average Bonchev–Trinajstić information content (AvgIpc) is 3.75. The molecule has 0 radical (unpaired) electrons. The molecular weight excluding hydrogens is 651 g/mol. The Morgan fingerprint density at radius 1 is 0.896 bits per heavy atom. The van der Waals surface area contributed by atoms with Gasteiger partial charge in [-0.3, -0.25) is 24.0 Å². The zero-order valence-corrected chi connectivity index (χ0v) is 29.5. The summed E-state index contributed by atoms with van der Waals surface area (Å²) in [6.45, 7) is 8.43. The van der Waals surface area contributed by atoms with E-state index in [2.05, 4.69) is 45.1 Å². The predicted molar refractivity (Wildman–Crippen MR) is 186 cm³/mol. The SMILES string of the molecule is CC(C)C[C@@H]1NC(=O)CCCN(C(=O)CNC(=O)C(C)C)CCCNC(=O)c2csc(n2)[C@H](Cc2ccccc2)NC(=O)c2csc1n2. The van der Waals surface area contributed by atoms with Crippen molar-refractivity contribution >= 4 is 52.2 Å². The molecule has 0 spiro atoms. The van der Waals surface area contributed by atoms with Gasteiger partial charge in [0.2, 0.25) is 17.7 Å². The number of aromatic nitrogens is 2. The van der Waals surface area contributed by atoms with E-state index in [4.69, 9.17) is 0 Å². The summed E-state index contributed by atoms with van der Waals surface area (Å²) in [5, 5.41) is 16.3. The van der Waals surface area contributed by atoms with E-state index in [0.717, 1.165) is 5.56 Å². The van der Waals surface area contributed by atoms with Crippen molar-refractivity contribution in [2.45, 2.75) is 71.9 Å². The Hall–Kier alpha value is -4.17. The molecule has 2 aromatic heterocycles. The Morgan fingerprint density at radius 3 is 2.21 bits per heavy atom. The molecule has 48 heavy (non-hydrogen) atoms. The third kappa shape index (κ3) is 10.9. The van der Waals surface area contributed by atoms with Crippen molar-refractivity contribution in [2.75, 3.05) is 26.2 Å². The minimum Gasteiger partial charge on any atom is -0.351 e. The Bertz CT molecular complexity index is 1560. The number of nitrogens with zero attached hydrogens (tertiary/aromatic N) is 3. The van der Waals surface area contributed by atoms with Crippen LogP contribution >= 0.6 is 22.7 Å². The van der Waals surface area contributed by atoms with Gasteiger partial charge in [-0.2, -0.15) is 0 Å². The number of benzene rings is 1. The smallest absolute Gasteiger partial charge is 0.271 e. The van der Waals surface area contributed by atoms with Crippen LogP contribution in [0.25, 0.3) is 0 Å².